The van der Waals surface area contributed by atoms with E-state index in [9.17, 15) is 17.6 Å². The Balaban J connectivity index is 1.56. The average molecular weight is 480 g/mol. The van der Waals surface area contributed by atoms with Gasteiger partial charge in [0.25, 0.3) is 0 Å². The molecular formula is C24H29F4N5O. The summed E-state index contributed by atoms with van der Waals surface area (Å²) in [5, 5.41) is 7.77. The Hall–Kier alpha value is -2.72. The van der Waals surface area contributed by atoms with Crippen LogP contribution in [-0.4, -0.2) is 72.7 Å². The Labute approximate surface area is 196 Å². The first-order valence-electron chi connectivity index (χ1n) is 11.3. The zero-order chi connectivity index (χ0) is 24.5. The summed E-state index contributed by atoms with van der Waals surface area (Å²) in [6, 6.07) is 5.61. The van der Waals surface area contributed by atoms with Crippen LogP contribution in [0.5, 0.6) is 5.75 Å². The molecule has 4 rings (SSSR count). The number of hydrogen-bond donors (Lipinski definition) is 2. The molecule has 0 saturated carbocycles. The van der Waals surface area contributed by atoms with Crippen molar-refractivity contribution in [2.24, 2.45) is 5.92 Å². The van der Waals surface area contributed by atoms with Crippen LogP contribution in [-0.2, 0) is 6.42 Å². The van der Waals surface area contributed by atoms with Crippen LogP contribution in [0.1, 0.15) is 35.3 Å². The number of anilines is 1. The van der Waals surface area contributed by atoms with Crippen molar-refractivity contribution in [3.63, 3.8) is 0 Å². The fraction of sp³-hybridized carbons (Fsp3) is 0.500. The molecule has 1 aromatic carbocycles. The molecule has 0 amide bonds. The predicted molar refractivity (Wildman–Crippen MR) is 122 cm³/mol. The highest BCUT2D eigenvalue weighted by molar-refractivity contribution is 5.88. The Morgan fingerprint density at radius 2 is 2.00 bits per heavy atom. The number of pyridine rings is 1. The standard InChI is InChI=1S/C24H29F4N5O/c1-15-8-19-18(3-4-21(30)20(19)10-29)23(33(15)14-24(26,27)28)22-5-2-17(11-31-22)34-7-6-32-12-16(9-25)13-32/h2-5,10-11,15-16,23,29H,6-9,12-14,30H2,1H3/t15-,23+/m1/s1. The van der Waals surface area contributed by atoms with E-state index in [2.05, 4.69) is 9.88 Å². The van der Waals surface area contributed by atoms with Crippen molar-refractivity contribution in [1.29, 1.82) is 5.41 Å². The number of ether oxygens (including phenoxy) is 1. The number of nitrogen functional groups attached to an aromatic ring is 1. The lowest BCUT2D eigenvalue weighted by molar-refractivity contribution is -0.155. The summed E-state index contributed by atoms with van der Waals surface area (Å²) in [6.45, 7) is 2.94. The van der Waals surface area contributed by atoms with Crippen LogP contribution < -0.4 is 10.5 Å². The van der Waals surface area contributed by atoms with Gasteiger partial charge in [0, 0.05) is 49.1 Å². The second-order valence-electron chi connectivity index (χ2n) is 9.07. The molecule has 2 atom stereocenters. The van der Waals surface area contributed by atoms with Crippen molar-refractivity contribution in [1.82, 2.24) is 14.8 Å². The van der Waals surface area contributed by atoms with Gasteiger partial charge in [-0.2, -0.15) is 13.2 Å². The molecular weight excluding hydrogens is 450 g/mol. The molecule has 0 aliphatic carbocycles. The molecule has 1 saturated heterocycles. The van der Waals surface area contributed by atoms with Gasteiger partial charge in [-0.05, 0) is 42.7 Å². The molecule has 0 radical (unpaired) electrons. The van der Waals surface area contributed by atoms with E-state index in [0.29, 0.717) is 47.8 Å². The highest BCUT2D eigenvalue weighted by Crippen LogP contribution is 2.41. The van der Waals surface area contributed by atoms with E-state index in [-0.39, 0.29) is 12.6 Å². The molecule has 0 spiro atoms. The van der Waals surface area contributed by atoms with E-state index in [4.69, 9.17) is 15.9 Å². The fourth-order valence-electron chi connectivity index (χ4n) is 4.87. The molecule has 1 aromatic heterocycles. The van der Waals surface area contributed by atoms with Crippen LogP contribution in [0.2, 0.25) is 0 Å². The van der Waals surface area contributed by atoms with Crippen molar-refractivity contribution >= 4 is 11.9 Å². The number of nitrogens with zero attached hydrogens (tertiary/aromatic N) is 3. The van der Waals surface area contributed by atoms with E-state index >= 15 is 0 Å². The lowest BCUT2D eigenvalue weighted by Crippen LogP contribution is -2.49. The smallest absolute Gasteiger partial charge is 0.401 e. The molecule has 0 unspecified atom stereocenters. The van der Waals surface area contributed by atoms with E-state index in [1.165, 1.54) is 11.1 Å². The Morgan fingerprint density at radius 3 is 2.62 bits per heavy atom. The van der Waals surface area contributed by atoms with Crippen molar-refractivity contribution in [2.75, 3.05) is 45.2 Å². The van der Waals surface area contributed by atoms with Crippen LogP contribution in [0.15, 0.2) is 30.5 Å². The molecule has 3 heterocycles. The summed E-state index contributed by atoms with van der Waals surface area (Å²) in [4.78, 5) is 7.97. The van der Waals surface area contributed by atoms with Crippen LogP contribution in [0.25, 0.3) is 0 Å². The van der Waals surface area contributed by atoms with Crippen molar-refractivity contribution in [2.45, 2.75) is 31.6 Å². The van der Waals surface area contributed by atoms with Gasteiger partial charge in [-0.3, -0.25) is 19.2 Å². The van der Waals surface area contributed by atoms with Crippen molar-refractivity contribution < 1.29 is 22.3 Å². The number of nitrogens with two attached hydrogens (primary N) is 1. The van der Waals surface area contributed by atoms with Crippen LogP contribution >= 0.6 is 0 Å². The zero-order valence-corrected chi connectivity index (χ0v) is 19.0. The quantitative estimate of drug-likeness (QED) is 0.342. The number of nitrogens with one attached hydrogen (secondary N) is 1. The topological polar surface area (TPSA) is 78.5 Å². The van der Waals surface area contributed by atoms with Crippen LogP contribution in [0.3, 0.4) is 0 Å². The number of likely N-dealkylation sites (tertiary alicyclic amines) is 1. The van der Waals surface area contributed by atoms with Crippen LogP contribution in [0, 0.1) is 11.3 Å². The lowest BCUT2D eigenvalue weighted by atomic mass is 9.83. The summed E-state index contributed by atoms with van der Waals surface area (Å²) in [5.74, 6) is 0.639. The van der Waals surface area contributed by atoms with E-state index in [0.717, 1.165) is 24.9 Å². The van der Waals surface area contributed by atoms with E-state index < -0.39 is 24.8 Å². The lowest BCUT2D eigenvalue weighted by Gasteiger charge is -2.42. The Kier molecular flexibility index (Phi) is 7.09. The van der Waals surface area contributed by atoms with Gasteiger partial charge in [0.15, 0.2) is 0 Å². The first-order chi connectivity index (χ1) is 16.2. The summed E-state index contributed by atoms with van der Waals surface area (Å²) in [5.41, 5.74) is 8.95. The Bertz CT molecular complexity index is 1010. The molecule has 184 valence electrons. The van der Waals surface area contributed by atoms with Gasteiger partial charge < -0.3 is 15.9 Å². The third kappa shape index (κ3) is 5.17. The SMILES string of the molecule is C[C@@H]1Cc2c(ccc(N)c2C=N)[C@@H](c2ccc(OCCN3CC(CF)C3)cn2)N1CC(F)(F)F. The van der Waals surface area contributed by atoms with Gasteiger partial charge in [-0.25, -0.2) is 0 Å². The first-order valence-corrected chi connectivity index (χ1v) is 11.3. The molecule has 0 bridgehead atoms. The molecule has 10 heteroatoms. The minimum Gasteiger partial charge on any atom is -0.491 e. The number of fused-ring (bicyclic) bond motifs is 1. The summed E-state index contributed by atoms with van der Waals surface area (Å²) in [6.07, 6.45) is -1.33. The first kappa shape index (κ1) is 24.4. The summed E-state index contributed by atoms with van der Waals surface area (Å²) < 4.78 is 58.7. The monoisotopic (exact) mass is 479 g/mol. The van der Waals surface area contributed by atoms with Gasteiger partial charge in [0.1, 0.15) is 12.4 Å². The number of alkyl halides is 4. The predicted octanol–water partition coefficient (Wildman–Crippen LogP) is 3.84. The molecule has 34 heavy (non-hydrogen) atoms. The van der Waals surface area contributed by atoms with Gasteiger partial charge in [-0.1, -0.05) is 6.07 Å². The zero-order valence-electron chi connectivity index (χ0n) is 19.0. The number of aromatic nitrogens is 1. The second kappa shape index (κ2) is 9.87. The normalized spacial score (nSPS) is 21.7. The van der Waals surface area contributed by atoms with E-state index in [1.807, 2.05) is 0 Å². The molecule has 1 fully saturated rings. The molecule has 2 aromatic rings. The van der Waals surface area contributed by atoms with Crippen LogP contribution in [0.4, 0.5) is 23.2 Å². The molecule has 2 aliphatic heterocycles. The number of halogens is 4. The number of hydrogen-bond acceptors (Lipinski definition) is 6. The molecule has 2 aliphatic rings. The number of rotatable bonds is 8. The average Bonchev–Trinajstić information content (AvgIpc) is 2.76. The largest absolute Gasteiger partial charge is 0.491 e. The minimum atomic E-state index is -4.37. The number of benzene rings is 1. The minimum absolute atomic E-state index is 0.116. The summed E-state index contributed by atoms with van der Waals surface area (Å²) >= 11 is 0. The maximum absolute atomic E-state index is 13.5. The Morgan fingerprint density at radius 1 is 1.24 bits per heavy atom. The van der Waals surface area contributed by atoms with Crippen molar-refractivity contribution in [3.8, 4) is 5.75 Å². The fourth-order valence-corrected chi connectivity index (χ4v) is 4.87. The van der Waals surface area contributed by atoms with Gasteiger partial charge >= 0.3 is 6.18 Å². The third-order valence-electron chi connectivity index (χ3n) is 6.59. The third-order valence-corrected chi connectivity index (χ3v) is 6.59. The maximum Gasteiger partial charge on any atom is 0.401 e. The van der Waals surface area contributed by atoms with Gasteiger partial charge in [-0.15, -0.1) is 0 Å². The van der Waals surface area contributed by atoms with Gasteiger partial charge in [0.05, 0.1) is 31.2 Å². The maximum atomic E-state index is 13.5. The summed E-state index contributed by atoms with van der Waals surface area (Å²) in [7, 11) is 0. The van der Waals surface area contributed by atoms with Crippen molar-refractivity contribution in [3.05, 3.63) is 52.8 Å². The highest BCUT2D eigenvalue weighted by atomic mass is 19.4. The van der Waals surface area contributed by atoms with E-state index in [1.54, 1.807) is 31.2 Å². The second-order valence-corrected chi connectivity index (χ2v) is 9.07. The molecule has 3 N–H and O–H groups in total. The van der Waals surface area contributed by atoms with Gasteiger partial charge in [0.2, 0.25) is 0 Å². The molecule has 6 nitrogen and oxygen atoms in total. The highest BCUT2D eigenvalue weighted by Gasteiger charge is 2.41.